The number of nitrogens with one attached hydrogen (secondary N) is 1. The summed E-state index contributed by atoms with van der Waals surface area (Å²) in [5.41, 5.74) is 4.52. The fourth-order valence-corrected chi connectivity index (χ4v) is 1.84. The normalized spacial score (nSPS) is 12.6. The summed E-state index contributed by atoms with van der Waals surface area (Å²) in [5.74, 6) is 5.06. The van der Waals surface area contributed by atoms with Crippen molar-refractivity contribution in [3.63, 3.8) is 0 Å². The Kier molecular flexibility index (Phi) is 3.78. The van der Waals surface area contributed by atoms with E-state index in [-0.39, 0.29) is 11.1 Å². The summed E-state index contributed by atoms with van der Waals surface area (Å²) in [6.45, 7) is 0. The number of nitrogens with two attached hydrogens (primary N) is 1. The van der Waals surface area contributed by atoms with Gasteiger partial charge in [-0.1, -0.05) is 17.7 Å². The van der Waals surface area contributed by atoms with Crippen LogP contribution in [-0.4, -0.2) is 0 Å². The maximum absolute atomic E-state index is 13.0. The zero-order valence-electron chi connectivity index (χ0n) is 8.99. The first-order chi connectivity index (χ1) is 8.20. The molecule has 0 aliphatic heterocycles. The molecular formula is C12H12ClFN2O. The molecular weight excluding hydrogens is 243 g/mol. The van der Waals surface area contributed by atoms with Crippen LogP contribution in [0.15, 0.2) is 41.2 Å². The molecule has 5 heteroatoms. The number of halogens is 2. The van der Waals surface area contributed by atoms with Crippen LogP contribution in [0.25, 0.3) is 0 Å². The highest BCUT2D eigenvalue weighted by atomic mass is 35.5. The number of hydrogen-bond donors (Lipinski definition) is 2. The van der Waals surface area contributed by atoms with E-state index >= 15 is 0 Å². The molecule has 1 heterocycles. The highest BCUT2D eigenvalue weighted by Gasteiger charge is 2.13. The van der Waals surface area contributed by atoms with Crippen LogP contribution in [0.1, 0.15) is 17.2 Å². The van der Waals surface area contributed by atoms with E-state index in [1.807, 2.05) is 6.07 Å². The molecule has 3 N–H and O–H groups in total. The molecule has 1 unspecified atom stereocenters. The minimum absolute atomic E-state index is 0.0925. The predicted molar refractivity (Wildman–Crippen MR) is 63.9 cm³/mol. The quantitative estimate of drug-likeness (QED) is 0.652. The first-order valence-corrected chi connectivity index (χ1v) is 5.50. The van der Waals surface area contributed by atoms with E-state index in [1.54, 1.807) is 24.7 Å². The number of furan rings is 1. The van der Waals surface area contributed by atoms with Crippen molar-refractivity contribution in [2.45, 2.75) is 12.5 Å². The molecule has 2 aromatic rings. The van der Waals surface area contributed by atoms with Crippen LogP contribution in [0.3, 0.4) is 0 Å². The molecule has 2 rings (SSSR count). The highest BCUT2D eigenvalue weighted by molar-refractivity contribution is 6.30. The molecule has 3 nitrogen and oxygen atoms in total. The second-order valence-corrected chi connectivity index (χ2v) is 4.14. The standard InChI is InChI=1S/C12H12ClFN2O/c13-10-6-9(1-2-11(10)14)12(16-15)5-8-3-4-17-7-8/h1-4,6-7,12,16H,5,15H2. The number of hydrogen-bond acceptors (Lipinski definition) is 3. The number of rotatable bonds is 4. The lowest BCUT2D eigenvalue weighted by molar-refractivity contribution is 0.534. The Morgan fingerprint density at radius 3 is 2.82 bits per heavy atom. The molecule has 0 bridgehead atoms. The Balaban J connectivity index is 2.20. The van der Waals surface area contributed by atoms with Gasteiger partial charge in [-0.2, -0.15) is 0 Å². The first kappa shape index (κ1) is 12.1. The van der Waals surface area contributed by atoms with Crippen LogP contribution in [0.5, 0.6) is 0 Å². The maximum atomic E-state index is 13.0. The Morgan fingerprint density at radius 1 is 1.41 bits per heavy atom. The van der Waals surface area contributed by atoms with Gasteiger partial charge in [0.25, 0.3) is 0 Å². The topological polar surface area (TPSA) is 51.2 Å². The van der Waals surface area contributed by atoms with Gasteiger partial charge in [-0.15, -0.1) is 0 Å². The smallest absolute Gasteiger partial charge is 0.141 e. The van der Waals surface area contributed by atoms with Gasteiger partial charge < -0.3 is 4.42 Å². The van der Waals surface area contributed by atoms with Gasteiger partial charge in [0.1, 0.15) is 5.82 Å². The molecule has 0 aliphatic rings. The summed E-state index contributed by atoms with van der Waals surface area (Å²) >= 11 is 5.73. The van der Waals surface area contributed by atoms with Crippen molar-refractivity contribution in [2.75, 3.05) is 0 Å². The van der Waals surface area contributed by atoms with Crippen molar-refractivity contribution >= 4 is 11.6 Å². The molecule has 0 aliphatic carbocycles. The molecule has 0 saturated heterocycles. The van der Waals surface area contributed by atoms with E-state index in [0.29, 0.717) is 6.42 Å². The van der Waals surface area contributed by atoms with Crippen LogP contribution in [0.2, 0.25) is 5.02 Å². The van der Waals surface area contributed by atoms with E-state index in [0.717, 1.165) is 11.1 Å². The first-order valence-electron chi connectivity index (χ1n) is 5.13. The molecule has 90 valence electrons. The Labute approximate surface area is 103 Å². The molecule has 0 saturated carbocycles. The van der Waals surface area contributed by atoms with E-state index in [1.165, 1.54) is 6.07 Å². The van der Waals surface area contributed by atoms with Crippen molar-refractivity contribution in [3.05, 3.63) is 58.8 Å². The molecule has 1 atom stereocenters. The lowest BCUT2D eigenvalue weighted by atomic mass is 10.0. The maximum Gasteiger partial charge on any atom is 0.141 e. The summed E-state index contributed by atoms with van der Waals surface area (Å²) in [7, 11) is 0. The second kappa shape index (κ2) is 5.31. The van der Waals surface area contributed by atoms with Gasteiger partial charge in [-0.3, -0.25) is 11.3 Å². The van der Waals surface area contributed by atoms with Crippen molar-refractivity contribution in [1.29, 1.82) is 0 Å². The van der Waals surface area contributed by atoms with E-state index in [9.17, 15) is 4.39 Å². The van der Waals surface area contributed by atoms with Crippen LogP contribution >= 0.6 is 11.6 Å². The fourth-order valence-electron chi connectivity index (χ4n) is 1.65. The zero-order valence-corrected chi connectivity index (χ0v) is 9.75. The van der Waals surface area contributed by atoms with Gasteiger partial charge in [-0.25, -0.2) is 4.39 Å². The Hall–Kier alpha value is -1.36. The summed E-state index contributed by atoms with van der Waals surface area (Å²) in [6.07, 6.45) is 3.89. The van der Waals surface area contributed by atoms with E-state index in [2.05, 4.69) is 5.43 Å². The molecule has 17 heavy (non-hydrogen) atoms. The Bertz CT molecular complexity index is 487. The summed E-state index contributed by atoms with van der Waals surface area (Å²) in [6, 6.07) is 6.28. The van der Waals surface area contributed by atoms with Crippen LogP contribution in [0.4, 0.5) is 4.39 Å². The SMILES string of the molecule is NNC(Cc1ccoc1)c1ccc(F)c(Cl)c1. The Morgan fingerprint density at radius 2 is 2.24 bits per heavy atom. The minimum Gasteiger partial charge on any atom is -0.472 e. The van der Waals surface area contributed by atoms with E-state index in [4.69, 9.17) is 21.9 Å². The van der Waals surface area contributed by atoms with Gasteiger partial charge in [-0.05, 0) is 35.7 Å². The highest BCUT2D eigenvalue weighted by Crippen LogP contribution is 2.23. The van der Waals surface area contributed by atoms with Crippen molar-refractivity contribution in [2.24, 2.45) is 5.84 Å². The fraction of sp³-hybridized carbons (Fsp3) is 0.167. The van der Waals surface area contributed by atoms with Gasteiger partial charge >= 0.3 is 0 Å². The van der Waals surface area contributed by atoms with Crippen LogP contribution in [0, 0.1) is 5.82 Å². The van der Waals surface area contributed by atoms with Crippen molar-refractivity contribution < 1.29 is 8.81 Å². The lowest BCUT2D eigenvalue weighted by Gasteiger charge is -2.15. The van der Waals surface area contributed by atoms with Gasteiger partial charge in [0.15, 0.2) is 0 Å². The minimum atomic E-state index is -0.436. The molecule has 1 aromatic heterocycles. The average molecular weight is 255 g/mol. The summed E-state index contributed by atoms with van der Waals surface area (Å²) in [4.78, 5) is 0. The molecule has 0 fully saturated rings. The largest absolute Gasteiger partial charge is 0.472 e. The second-order valence-electron chi connectivity index (χ2n) is 3.73. The van der Waals surface area contributed by atoms with E-state index < -0.39 is 5.82 Å². The predicted octanol–water partition coefficient (Wildman–Crippen LogP) is 2.82. The third-order valence-electron chi connectivity index (χ3n) is 2.57. The molecule has 1 aromatic carbocycles. The van der Waals surface area contributed by atoms with Crippen LogP contribution < -0.4 is 11.3 Å². The van der Waals surface area contributed by atoms with Gasteiger partial charge in [0.2, 0.25) is 0 Å². The molecule has 0 radical (unpaired) electrons. The van der Waals surface area contributed by atoms with Gasteiger partial charge in [0.05, 0.1) is 23.6 Å². The third kappa shape index (κ3) is 2.85. The summed E-state index contributed by atoms with van der Waals surface area (Å²) < 4.78 is 18.0. The molecule has 0 spiro atoms. The van der Waals surface area contributed by atoms with Crippen LogP contribution in [-0.2, 0) is 6.42 Å². The monoisotopic (exact) mass is 254 g/mol. The van der Waals surface area contributed by atoms with Gasteiger partial charge in [0, 0.05) is 0 Å². The van der Waals surface area contributed by atoms with Crippen molar-refractivity contribution in [1.82, 2.24) is 5.43 Å². The number of benzene rings is 1. The average Bonchev–Trinajstić information content (AvgIpc) is 2.82. The lowest BCUT2D eigenvalue weighted by Crippen LogP contribution is -2.29. The third-order valence-corrected chi connectivity index (χ3v) is 2.86. The molecule has 0 amide bonds. The number of hydrazine groups is 1. The zero-order chi connectivity index (χ0) is 12.3. The summed E-state index contributed by atoms with van der Waals surface area (Å²) in [5, 5.41) is 0.0925. The van der Waals surface area contributed by atoms with Crippen molar-refractivity contribution in [3.8, 4) is 0 Å².